The highest BCUT2D eigenvalue weighted by atomic mass is 35.5. The Balaban J connectivity index is 2.27. The maximum absolute atomic E-state index is 6.11. The molecule has 0 amide bonds. The van der Waals surface area contributed by atoms with E-state index in [1.165, 1.54) is 0 Å². The number of hydrogen-bond donors (Lipinski definition) is 1. The fraction of sp³-hybridized carbons (Fsp3) is 0.143. The predicted octanol–water partition coefficient (Wildman–Crippen LogP) is 5.04. The zero-order valence-electron chi connectivity index (χ0n) is 9.70. The molecular formula is C14H13ClOS. The molecule has 0 radical (unpaired) electrons. The summed E-state index contributed by atoms with van der Waals surface area (Å²) >= 11 is 10.3. The maximum Gasteiger partial charge on any atom is 0.128 e. The van der Waals surface area contributed by atoms with Crippen LogP contribution in [0.15, 0.2) is 41.3 Å². The molecule has 2 aromatic rings. The van der Waals surface area contributed by atoms with E-state index in [2.05, 4.69) is 12.6 Å². The second-order valence-corrected chi connectivity index (χ2v) is 4.86. The molecule has 2 rings (SSSR count). The van der Waals surface area contributed by atoms with Crippen molar-refractivity contribution in [1.29, 1.82) is 0 Å². The van der Waals surface area contributed by atoms with Crippen molar-refractivity contribution in [3.05, 3.63) is 52.5 Å². The van der Waals surface area contributed by atoms with Crippen LogP contribution in [0.25, 0.3) is 0 Å². The van der Waals surface area contributed by atoms with Crippen molar-refractivity contribution in [1.82, 2.24) is 0 Å². The van der Waals surface area contributed by atoms with E-state index >= 15 is 0 Å². The predicted molar refractivity (Wildman–Crippen MR) is 74.7 cm³/mol. The van der Waals surface area contributed by atoms with Gasteiger partial charge < -0.3 is 4.74 Å². The number of halogens is 1. The number of rotatable bonds is 2. The molecule has 0 aliphatic rings. The summed E-state index contributed by atoms with van der Waals surface area (Å²) in [7, 11) is 0. The van der Waals surface area contributed by atoms with Crippen LogP contribution in [0.4, 0.5) is 0 Å². The van der Waals surface area contributed by atoms with Crippen molar-refractivity contribution in [2.75, 3.05) is 0 Å². The molecule has 2 aromatic carbocycles. The first-order valence-corrected chi connectivity index (χ1v) is 6.12. The van der Waals surface area contributed by atoms with Crippen molar-refractivity contribution in [2.24, 2.45) is 0 Å². The van der Waals surface area contributed by atoms with Crippen LogP contribution in [-0.2, 0) is 0 Å². The quantitative estimate of drug-likeness (QED) is 0.748. The van der Waals surface area contributed by atoms with Gasteiger partial charge in [0, 0.05) is 9.92 Å². The summed E-state index contributed by atoms with van der Waals surface area (Å²) in [4.78, 5) is 0.917. The van der Waals surface area contributed by atoms with Crippen molar-refractivity contribution in [3.63, 3.8) is 0 Å². The van der Waals surface area contributed by atoms with Crippen LogP contribution in [0, 0.1) is 13.8 Å². The Kier molecular flexibility index (Phi) is 3.65. The summed E-state index contributed by atoms with van der Waals surface area (Å²) in [5.41, 5.74) is 2.04. The molecule has 0 saturated carbocycles. The molecule has 0 spiro atoms. The number of aryl methyl sites for hydroxylation is 2. The van der Waals surface area contributed by atoms with Crippen LogP contribution in [0.2, 0.25) is 5.02 Å². The largest absolute Gasteiger partial charge is 0.457 e. The van der Waals surface area contributed by atoms with Gasteiger partial charge in [0.1, 0.15) is 11.5 Å². The summed E-state index contributed by atoms with van der Waals surface area (Å²) in [6.45, 7) is 3.94. The van der Waals surface area contributed by atoms with Crippen LogP contribution in [-0.4, -0.2) is 0 Å². The molecule has 0 aliphatic heterocycles. The third-order valence-electron chi connectivity index (χ3n) is 2.48. The van der Waals surface area contributed by atoms with E-state index < -0.39 is 0 Å². The highest BCUT2D eigenvalue weighted by Gasteiger charge is 2.04. The Morgan fingerprint density at radius 1 is 0.941 bits per heavy atom. The molecule has 0 aliphatic carbocycles. The zero-order valence-corrected chi connectivity index (χ0v) is 11.3. The summed E-state index contributed by atoms with van der Waals surface area (Å²) in [5, 5.41) is 0.794. The highest BCUT2D eigenvalue weighted by molar-refractivity contribution is 7.80. The number of ether oxygens (including phenoxy) is 1. The lowest BCUT2D eigenvalue weighted by Crippen LogP contribution is -1.88. The normalized spacial score (nSPS) is 10.4. The Bertz CT molecular complexity index is 511. The van der Waals surface area contributed by atoms with Gasteiger partial charge in [0.25, 0.3) is 0 Å². The minimum absolute atomic E-state index is 0.794. The fourth-order valence-corrected chi connectivity index (χ4v) is 1.87. The Hall–Kier alpha value is -1.12. The van der Waals surface area contributed by atoms with Gasteiger partial charge >= 0.3 is 0 Å². The molecule has 0 bridgehead atoms. The Labute approximate surface area is 112 Å². The molecular weight excluding hydrogens is 252 g/mol. The minimum atomic E-state index is 0.794. The lowest BCUT2D eigenvalue weighted by molar-refractivity contribution is 0.481. The topological polar surface area (TPSA) is 9.23 Å². The van der Waals surface area contributed by atoms with Gasteiger partial charge in [-0.3, -0.25) is 0 Å². The molecule has 0 unspecified atom stereocenters. The SMILES string of the molecule is Cc1cc(Oc2ccc(S)cc2)cc(C)c1Cl. The van der Waals surface area contributed by atoms with Gasteiger partial charge in [-0.2, -0.15) is 0 Å². The van der Waals surface area contributed by atoms with Gasteiger partial charge in [-0.1, -0.05) is 11.6 Å². The Morgan fingerprint density at radius 2 is 1.47 bits per heavy atom. The highest BCUT2D eigenvalue weighted by Crippen LogP contribution is 2.29. The van der Waals surface area contributed by atoms with Crippen LogP contribution >= 0.6 is 24.2 Å². The van der Waals surface area contributed by atoms with Crippen molar-refractivity contribution >= 4 is 24.2 Å². The van der Waals surface area contributed by atoms with Crippen LogP contribution in [0.1, 0.15) is 11.1 Å². The molecule has 0 fully saturated rings. The molecule has 0 saturated heterocycles. The van der Waals surface area contributed by atoms with Crippen LogP contribution < -0.4 is 4.74 Å². The molecule has 0 N–H and O–H groups in total. The van der Waals surface area contributed by atoms with Gasteiger partial charge in [-0.15, -0.1) is 12.6 Å². The monoisotopic (exact) mass is 264 g/mol. The zero-order chi connectivity index (χ0) is 12.4. The van der Waals surface area contributed by atoms with Gasteiger partial charge in [-0.25, -0.2) is 0 Å². The van der Waals surface area contributed by atoms with E-state index in [1.54, 1.807) is 0 Å². The second-order valence-electron chi connectivity index (χ2n) is 3.97. The summed E-state index contributed by atoms with van der Waals surface area (Å²) < 4.78 is 5.76. The number of thiol groups is 1. The standard InChI is InChI=1S/C14H13ClOS/c1-9-7-12(8-10(2)14(9)15)16-11-3-5-13(17)6-4-11/h3-8,17H,1-2H3. The van der Waals surface area contributed by atoms with E-state index in [0.717, 1.165) is 32.5 Å². The summed E-state index contributed by atoms with van der Waals surface area (Å²) in [6.07, 6.45) is 0. The first-order valence-electron chi connectivity index (χ1n) is 5.30. The maximum atomic E-state index is 6.11. The van der Waals surface area contributed by atoms with Crippen molar-refractivity contribution in [3.8, 4) is 11.5 Å². The molecule has 0 heterocycles. The second kappa shape index (κ2) is 5.03. The van der Waals surface area contributed by atoms with Gasteiger partial charge in [-0.05, 0) is 61.4 Å². The summed E-state index contributed by atoms with van der Waals surface area (Å²) in [5.74, 6) is 1.60. The van der Waals surface area contributed by atoms with Crippen LogP contribution in [0.3, 0.4) is 0 Å². The molecule has 0 aromatic heterocycles. The van der Waals surface area contributed by atoms with Gasteiger partial charge in [0.05, 0.1) is 0 Å². The molecule has 88 valence electrons. The van der Waals surface area contributed by atoms with E-state index in [9.17, 15) is 0 Å². The number of benzene rings is 2. The first kappa shape index (κ1) is 12.3. The molecule has 0 atom stereocenters. The number of hydrogen-bond acceptors (Lipinski definition) is 2. The van der Waals surface area contributed by atoms with E-state index in [-0.39, 0.29) is 0 Å². The van der Waals surface area contributed by atoms with Crippen molar-refractivity contribution < 1.29 is 4.74 Å². The Morgan fingerprint density at radius 3 is 2.00 bits per heavy atom. The molecule has 1 nitrogen and oxygen atoms in total. The molecule has 3 heteroatoms. The first-order chi connectivity index (χ1) is 8.06. The van der Waals surface area contributed by atoms with Crippen LogP contribution in [0.5, 0.6) is 11.5 Å². The fourth-order valence-electron chi connectivity index (χ4n) is 1.62. The lowest BCUT2D eigenvalue weighted by Gasteiger charge is -2.09. The average Bonchev–Trinajstić information content (AvgIpc) is 2.29. The minimum Gasteiger partial charge on any atom is -0.457 e. The third-order valence-corrected chi connectivity index (χ3v) is 3.38. The van der Waals surface area contributed by atoms with E-state index in [4.69, 9.17) is 16.3 Å². The lowest BCUT2D eigenvalue weighted by atomic mass is 10.1. The van der Waals surface area contributed by atoms with Crippen molar-refractivity contribution in [2.45, 2.75) is 18.7 Å². The van der Waals surface area contributed by atoms with E-state index in [1.807, 2.05) is 50.2 Å². The average molecular weight is 265 g/mol. The van der Waals surface area contributed by atoms with Gasteiger partial charge in [0.2, 0.25) is 0 Å². The summed E-state index contributed by atoms with van der Waals surface area (Å²) in [6, 6.07) is 11.4. The molecule has 17 heavy (non-hydrogen) atoms. The van der Waals surface area contributed by atoms with E-state index in [0.29, 0.717) is 0 Å². The van der Waals surface area contributed by atoms with Gasteiger partial charge in [0.15, 0.2) is 0 Å². The third kappa shape index (κ3) is 2.96. The smallest absolute Gasteiger partial charge is 0.128 e.